The van der Waals surface area contributed by atoms with Crippen LogP contribution in [0.2, 0.25) is 0 Å². The molecule has 1 N–H and O–H groups in total. The summed E-state index contributed by atoms with van der Waals surface area (Å²) in [6.07, 6.45) is 8.20. The molecular weight excluding hydrogens is 400 g/mol. The Kier molecular flexibility index (Phi) is 9.36. The highest BCUT2D eigenvalue weighted by Crippen LogP contribution is 2.19. The second-order valence-corrected chi connectivity index (χ2v) is 8.28. The number of piperidine rings is 1. The van der Waals surface area contributed by atoms with Crippen LogP contribution in [0.4, 0.5) is 0 Å². The number of unbranched alkanes of at least 4 members (excludes halogenated alkanes) is 2. The lowest BCUT2D eigenvalue weighted by molar-refractivity contribution is -0.132. The maximum absolute atomic E-state index is 12.6. The van der Waals surface area contributed by atoms with Gasteiger partial charge in [-0.1, -0.05) is 62.2 Å². The van der Waals surface area contributed by atoms with Gasteiger partial charge in [-0.05, 0) is 48.6 Å². The van der Waals surface area contributed by atoms with Gasteiger partial charge >= 0.3 is 0 Å². The van der Waals surface area contributed by atoms with Gasteiger partial charge < -0.3 is 15.0 Å². The van der Waals surface area contributed by atoms with Crippen LogP contribution in [0.15, 0.2) is 60.7 Å². The van der Waals surface area contributed by atoms with Gasteiger partial charge in [0.25, 0.3) is 0 Å². The van der Waals surface area contributed by atoms with Gasteiger partial charge in [0.1, 0.15) is 12.4 Å². The number of hydrogen-bond acceptors (Lipinski definition) is 3. The number of amides is 2. The van der Waals surface area contributed by atoms with Crippen molar-refractivity contribution in [3.63, 3.8) is 0 Å². The normalized spacial score (nSPS) is 14.5. The van der Waals surface area contributed by atoms with Crippen molar-refractivity contribution < 1.29 is 14.3 Å². The fraction of sp³-hybridized carbons (Fsp3) is 0.407. The van der Waals surface area contributed by atoms with Crippen LogP contribution in [0, 0.1) is 5.92 Å². The van der Waals surface area contributed by atoms with Crippen LogP contribution in [-0.2, 0) is 16.2 Å². The number of likely N-dealkylation sites (tertiary alicyclic amines) is 1. The Morgan fingerprint density at radius 3 is 2.59 bits per heavy atom. The molecule has 3 rings (SSSR count). The minimum absolute atomic E-state index is 0.0117. The fourth-order valence-corrected chi connectivity index (χ4v) is 3.81. The molecule has 0 unspecified atom stereocenters. The summed E-state index contributed by atoms with van der Waals surface area (Å²) < 4.78 is 5.86. The first-order chi connectivity index (χ1) is 15.7. The summed E-state index contributed by atoms with van der Waals surface area (Å²) in [5.74, 6) is 0.913. The molecule has 5 nitrogen and oxygen atoms in total. The van der Waals surface area contributed by atoms with Gasteiger partial charge in [0, 0.05) is 31.6 Å². The molecule has 0 atom stereocenters. The molecule has 1 fully saturated rings. The van der Waals surface area contributed by atoms with Crippen molar-refractivity contribution in [3.8, 4) is 5.75 Å². The molecule has 5 heteroatoms. The lowest BCUT2D eigenvalue weighted by Crippen LogP contribution is -2.42. The van der Waals surface area contributed by atoms with Gasteiger partial charge in [-0.3, -0.25) is 9.59 Å². The number of carbonyl (C=O) groups is 2. The van der Waals surface area contributed by atoms with Crippen molar-refractivity contribution in [1.29, 1.82) is 0 Å². The Labute approximate surface area is 191 Å². The summed E-state index contributed by atoms with van der Waals surface area (Å²) in [5.41, 5.74) is 2.03. The van der Waals surface area contributed by atoms with Gasteiger partial charge in [0.2, 0.25) is 11.8 Å². The Balaban J connectivity index is 1.44. The molecule has 0 radical (unpaired) electrons. The van der Waals surface area contributed by atoms with E-state index in [2.05, 4.69) is 12.2 Å². The van der Waals surface area contributed by atoms with Crippen molar-refractivity contribution >= 4 is 17.9 Å². The van der Waals surface area contributed by atoms with Crippen LogP contribution >= 0.6 is 0 Å². The maximum Gasteiger partial charge on any atom is 0.246 e. The molecule has 0 spiro atoms. The zero-order valence-electron chi connectivity index (χ0n) is 19.0. The average Bonchev–Trinajstić information content (AvgIpc) is 2.85. The molecule has 0 aromatic heterocycles. The SMILES string of the molecule is CCCCCNC(=O)C1CCN(C(=O)/C=C/c2cccc(OCc3ccccc3)c2)CC1. The molecule has 1 heterocycles. The number of carbonyl (C=O) groups excluding carboxylic acids is 2. The Hall–Kier alpha value is -3.08. The predicted octanol–water partition coefficient (Wildman–Crippen LogP) is 4.82. The lowest BCUT2D eigenvalue weighted by atomic mass is 9.95. The van der Waals surface area contributed by atoms with E-state index in [0.717, 1.165) is 55.5 Å². The summed E-state index contributed by atoms with van der Waals surface area (Å²) in [5, 5.41) is 3.04. The second-order valence-electron chi connectivity index (χ2n) is 8.28. The van der Waals surface area contributed by atoms with Crippen LogP contribution in [0.5, 0.6) is 5.75 Å². The Bertz CT molecular complexity index is 887. The summed E-state index contributed by atoms with van der Waals surface area (Å²) in [7, 11) is 0. The maximum atomic E-state index is 12.6. The highest BCUT2D eigenvalue weighted by Gasteiger charge is 2.26. The topological polar surface area (TPSA) is 58.6 Å². The van der Waals surface area contributed by atoms with Crippen LogP contribution in [0.25, 0.3) is 6.08 Å². The molecule has 1 saturated heterocycles. The van der Waals surface area contributed by atoms with E-state index in [1.165, 1.54) is 0 Å². The summed E-state index contributed by atoms with van der Waals surface area (Å²) in [6.45, 7) is 4.66. The molecule has 2 aromatic rings. The van der Waals surface area contributed by atoms with Gasteiger partial charge in [0.05, 0.1) is 0 Å². The Morgan fingerprint density at radius 1 is 1.06 bits per heavy atom. The molecule has 1 aliphatic heterocycles. The number of nitrogens with one attached hydrogen (secondary N) is 1. The first-order valence-corrected chi connectivity index (χ1v) is 11.7. The van der Waals surface area contributed by atoms with Crippen molar-refractivity contribution in [1.82, 2.24) is 10.2 Å². The third-order valence-corrected chi connectivity index (χ3v) is 5.78. The van der Waals surface area contributed by atoms with E-state index in [1.807, 2.05) is 65.6 Å². The smallest absolute Gasteiger partial charge is 0.246 e. The van der Waals surface area contributed by atoms with Crippen molar-refractivity contribution in [2.45, 2.75) is 45.6 Å². The van der Waals surface area contributed by atoms with Crippen LogP contribution < -0.4 is 10.1 Å². The zero-order chi connectivity index (χ0) is 22.6. The van der Waals surface area contributed by atoms with Crippen LogP contribution in [0.3, 0.4) is 0 Å². The van der Waals surface area contributed by atoms with Gasteiger partial charge in [-0.2, -0.15) is 0 Å². The molecule has 0 bridgehead atoms. The second kappa shape index (κ2) is 12.7. The standard InChI is InChI=1S/C27H34N2O3/c1-2-3-7-17-28-27(31)24-15-18-29(19-16-24)26(30)14-13-22-11-8-12-25(20-22)32-21-23-9-5-4-6-10-23/h4-6,8-14,20,24H,2-3,7,15-19,21H2,1H3,(H,28,31)/b14-13+. The first kappa shape index (κ1) is 23.6. The molecule has 0 saturated carbocycles. The van der Waals surface area contributed by atoms with Crippen LogP contribution in [0.1, 0.15) is 50.2 Å². The highest BCUT2D eigenvalue weighted by atomic mass is 16.5. The summed E-state index contributed by atoms with van der Waals surface area (Å²) in [6, 6.07) is 17.8. The summed E-state index contributed by atoms with van der Waals surface area (Å²) >= 11 is 0. The molecule has 32 heavy (non-hydrogen) atoms. The minimum Gasteiger partial charge on any atom is -0.489 e. The van der Waals surface area contributed by atoms with Gasteiger partial charge in [0.15, 0.2) is 0 Å². The molecule has 2 amide bonds. The van der Waals surface area contributed by atoms with E-state index in [1.54, 1.807) is 6.08 Å². The monoisotopic (exact) mass is 434 g/mol. The van der Waals surface area contributed by atoms with E-state index in [4.69, 9.17) is 4.74 Å². The fourth-order valence-electron chi connectivity index (χ4n) is 3.81. The molecule has 2 aromatic carbocycles. The van der Waals surface area contributed by atoms with Crippen molar-refractivity contribution in [2.24, 2.45) is 5.92 Å². The number of ether oxygens (including phenoxy) is 1. The molecule has 170 valence electrons. The van der Waals surface area contributed by atoms with Gasteiger partial charge in [-0.15, -0.1) is 0 Å². The Morgan fingerprint density at radius 2 is 1.84 bits per heavy atom. The number of nitrogens with zero attached hydrogens (tertiary/aromatic N) is 1. The predicted molar refractivity (Wildman–Crippen MR) is 128 cm³/mol. The first-order valence-electron chi connectivity index (χ1n) is 11.7. The third-order valence-electron chi connectivity index (χ3n) is 5.78. The van der Waals surface area contributed by atoms with E-state index in [9.17, 15) is 9.59 Å². The number of rotatable bonds is 10. The molecule has 0 aliphatic carbocycles. The lowest BCUT2D eigenvalue weighted by Gasteiger charge is -2.30. The van der Waals surface area contributed by atoms with Crippen molar-refractivity contribution in [2.75, 3.05) is 19.6 Å². The van der Waals surface area contributed by atoms with Gasteiger partial charge in [-0.25, -0.2) is 0 Å². The zero-order valence-corrected chi connectivity index (χ0v) is 19.0. The quantitative estimate of drug-likeness (QED) is 0.431. The van der Waals surface area contributed by atoms with Crippen molar-refractivity contribution in [3.05, 3.63) is 71.8 Å². The molecule has 1 aliphatic rings. The van der Waals surface area contributed by atoms with E-state index >= 15 is 0 Å². The number of hydrogen-bond donors (Lipinski definition) is 1. The molecular formula is C27H34N2O3. The largest absolute Gasteiger partial charge is 0.489 e. The minimum atomic E-state index is -0.0117. The van der Waals surface area contributed by atoms with E-state index in [0.29, 0.717) is 19.7 Å². The van der Waals surface area contributed by atoms with E-state index < -0.39 is 0 Å². The average molecular weight is 435 g/mol. The summed E-state index contributed by atoms with van der Waals surface area (Å²) in [4.78, 5) is 26.7. The van der Waals surface area contributed by atoms with E-state index in [-0.39, 0.29) is 17.7 Å². The third kappa shape index (κ3) is 7.56. The van der Waals surface area contributed by atoms with Crippen LogP contribution in [-0.4, -0.2) is 36.3 Å². The number of benzene rings is 2. The highest BCUT2D eigenvalue weighted by molar-refractivity contribution is 5.92.